The van der Waals surface area contributed by atoms with Crippen molar-refractivity contribution in [2.75, 3.05) is 18.1 Å². The van der Waals surface area contributed by atoms with Crippen molar-refractivity contribution >= 4 is 100 Å². The van der Waals surface area contributed by atoms with Gasteiger partial charge >= 0.3 is 29.8 Å². The van der Waals surface area contributed by atoms with Gasteiger partial charge in [0.25, 0.3) is 0 Å². The Morgan fingerprint density at radius 2 is 0.627 bits per heavy atom. The molecule has 0 unspecified atom stereocenters. The zero-order valence-electron chi connectivity index (χ0n) is 60.1. The number of unbranched alkanes of at least 4 members (excludes halogenated alkanes) is 29. The number of rotatable bonds is 49. The van der Waals surface area contributed by atoms with Gasteiger partial charge in [0.1, 0.15) is 39.4 Å². The molecule has 6 aromatic rings. The van der Waals surface area contributed by atoms with E-state index in [1.807, 2.05) is 58.5 Å². The van der Waals surface area contributed by atoms with E-state index in [2.05, 4.69) is 20.8 Å². The van der Waals surface area contributed by atoms with E-state index in [0.29, 0.717) is 40.1 Å². The summed E-state index contributed by atoms with van der Waals surface area (Å²) >= 11 is 10.8. The monoisotopic (exact) mass is 1490 g/mol. The van der Waals surface area contributed by atoms with Gasteiger partial charge in [0.15, 0.2) is 0 Å². The van der Waals surface area contributed by atoms with Gasteiger partial charge in [-0.1, -0.05) is 278 Å². The summed E-state index contributed by atoms with van der Waals surface area (Å²) in [5, 5.41) is 1.88. The highest BCUT2D eigenvalue weighted by atomic mass is 32.3. The van der Waals surface area contributed by atoms with Crippen LogP contribution in [-0.4, -0.2) is 48.0 Å². The molecule has 0 saturated heterocycles. The van der Waals surface area contributed by atoms with Crippen LogP contribution in [0, 0.1) is 0 Å². The van der Waals surface area contributed by atoms with Crippen LogP contribution in [0.5, 0.6) is 34.5 Å². The maximum absolute atomic E-state index is 13.5. The summed E-state index contributed by atoms with van der Waals surface area (Å²) in [6.07, 6.45) is 42.1. The Morgan fingerprint density at radius 1 is 0.304 bits per heavy atom. The van der Waals surface area contributed by atoms with E-state index in [1.54, 1.807) is 127 Å². The second-order valence-corrected chi connectivity index (χ2v) is 33.2. The van der Waals surface area contributed by atoms with Gasteiger partial charge < -0.3 is 28.4 Å². The summed E-state index contributed by atoms with van der Waals surface area (Å²) < 4.78 is 39.5. The number of carbonyl (C=O) groups excluding carboxylic acids is 5. The molecule has 0 fully saturated rings. The van der Waals surface area contributed by atoms with Crippen molar-refractivity contribution in [3.8, 4) is 45.6 Å². The topological polar surface area (TPSA) is 141 Å². The summed E-state index contributed by atoms with van der Waals surface area (Å²) in [7, 11) is 0. The van der Waals surface area contributed by atoms with Gasteiger partial charge in [0.05, 0.1) is 45.8 Å². The molecule has 546 valence electrons. The minimum absolute atomic E-state index is 0.227. The molecule has 11 nitrogen and oxygen atoms in total. The lowest BCUT2D eigenvalue weighted by Crippen LogP contribution is -2.11. The van der Waals surface area contributed by atoms with E-state index in [4.69, 9.17) is 28.4 Å². The molecule has 0 amide bonds. The number of thioether (sulfide) groups is 6. The molecule has 0 N–H and O–H groups in total. The van der Waals surface area contributed by atoms with Crippen molar-refractivity contribution in [2.24, 2.45) is 0 Å². The Morgan fingerprint density at radius 3 is 1.01 bits per heavy atom. The summed E-state index contributed by atoms with van der Waals surface area (Å²) in [4.78, 5) is 66.7. The molecule has 2 aliphatic rings. The maximum Gasteiger partial charge on any atom is 0.350 e. The Hall–Kier alpha value is -6.21. The Balaban J connectivity index is 0.717. The van der Waals surface area contributed by atoms with Crippen LogP contribution >= 0.6 is 70.6 Å². The van der Waals surface area contributed by atoms with Crippen LogP contribution in [0.1, 0.15) is 268 Å². The highest BCUT2D eigenvalue weighted by Gasteiger charge is 2.30. The third-order valence-electron chi connectivity index (χ3n) is 17.5. The molecular formula is C85H104O11S6. The number of benzene rings is 6. The van der Waals surface area contributed by atoms with E-state index in [1.165, 1.54) is 241 Å². The minimum atomic E-state index is -0.620. The molecule has 2 heterocycles. The molecule has 6 aromatic carbocycles. The van der Waals surface area contributed by atoms with Crippen molar-refractivity contribution in [2.45, 2.75) is 226 Å². The molecule has 8 rings (SSSR count). The second-order valence-electron chi connectivity index (χ2n) is 26.0. The SMILES string of the molecule is CCCCCCCCCCCCCCOc1ccc(C(=O)Oc2ccc(C(=O)Oc3cccc(-c4ccc(OC(=O)c5ccc(OC(=O)c6ccc(OC(=O)C7=CSC(=C8SC(SCCCCCCCCCCCC)=C(SCCCCCCCCCCCC)S8)S7)cc6)cc5)cc4)c3)cc2)cc1. The fourth-order valence-electron chi connectivity index (χ4n) is 11.5. The predicted molar refractivity (Wildman–Crippen MR) is 431 cm³/mol. The first-order valence-corrected chi connectivity index (χ1v) is 42.8. The van der Waals surface area contributed by atoms with E-state index in [-0.39, 0.29) is 28.2 Å². The lowest BCUT2D eigenvalue weighted by atomic mass is 10.1. The Kier molecular flexibility index (Phi) is 38.3. The highest BCUT2D eigenvalue weighted by molar-refractivity contribution is 8.42. The lowest BCUT2D eigenvalue weighted by molar-refractivity contribution is -0.129. The van der Waals surface area contributed by atoms with Gasteiger partial charge in [0.2, 0.25) is 0 Å². The van der Waals surface area contributed by atoms with Gasteiger partial charge in [-0.25, -0.2) is 24.0 Å². The summed E-state index contributed by atoms with van der Waals surface area (Å²) in [5.74, 6) is 1.63. The lowest BCUT2D eigenvalue weighted by Gasteiger charge is -2.10. The first-order chi connectivity index (χ1) is 50.0. The van der Waals surface area contributed by atoms with Crippen LogP contribution in [0.25, 0.3) is 11.1 Å². The number of hydrogen-bond donors (Lipinski definition) is 0. The van der Waals surface area contributed by atoms with E-state index >= 15 is 0 Å². The third kappa shape index (κ3) is 30.1. The normalized spacial score (nSPS) is 12.8. The van der Waals surface area contributed by atoms with Crippen molar-refractivity contribution < 1.29 is 52.4 Å². The third-order valence-corrected chi connectivity index (χ3v) is 26.1. The molecule has 0 bridgehead atoms. The van der Waals surface area contributed by atoms with Gasteiger partial charge in [-0.15, -0.1) is 23.5 Å². The zero-order chi connectivity index (χ0) is 71.6. The molecule has 102 heavy (non-hydrogen) atoms. The van der Waals surface area contributed by atoms with Gasteiger partial charge in [0, 0.05) is 0 Å². The Labute approximate surface area is 633 Å². The number of esters is 5. The average Bonchev–Trinajstić information content (AvgIpc) is 1.66. The molecule has 0 radical (unpaired) electrons. The van der Waals surface area contributed by atoms with Crippen LogP contribution < -0.4 is 28.4 Å². The van der Waals surface area contributed by atoms with Crippen molar-refractivity contribution in [1.82, 2.24) is 0 Å². The first-order valence-electron chi connectivity index (χ1n) is 37.5. The van der Waals surface area contributed by atoms with Crippen molar-refractivity contribution in [3.63, 3.8) is 0 Å². The largest absolute Gasteiger partial charge is 0.494 e. The predicted octanol–water partition coefficient (Wildman–Crippen LogP) is 26.6. The van der Waals surface area contributed by atoms with Gasteiger partial charge in [-0.3, -0.25) is 0 Å². The summed E-state index contributed by atoms with van der Waals surface area (Å²) in [6.45, 7) is 7.45. The van der Waals surface area contributed by atoms with E-state index in [9.17, 15) is 24.0 Å². The molecule has 0 atom stereocenters. The summed E-state index contributed by atoms with van der Waals surface area (Å²) in [6, 6.07) is 39.4. The van der Waals surface area contributed by atoms with E-state index in [0.717, 1.165) is 39.7 Å². The fraction of sp³-hybridized carbons (Fsp3) is 0.447. The molecule has 0 spiro atoms. The maximum atomic E-state index is 13.5. The molecule has 2 aliphatic heterocycles. The Bertz CT molecular complexity index is 3570. The molecule has 0 saturated carbocycles. The molecular weight excluding hydrogens is 1390 g/mol. The smallest absolute Gasteiger partial charge is 0.350 e. The molecule has 17 heteroatoms. The quantitative estimate of drug-likeness (QED) is 0.0203. The van der Waals surface area contributed by atoms with Gasteiger partial charge in [-0.2, -0.15) is 0 Å². The van der Waals surface area contributed by atoms with Gasteiger partial charge in [-0.05, 0) is 169 Å². The number of ether oxygens (including phenoxy) is 6. The molecule has 0 aliphatic carbocycles. The standard InChI is InChI=1S/C85H104O11S6/c1-4-7-10-13-16-19-22-23-24-27-30-33-59-91-70-49-41-65(42-50-70)77(86)93-73-55-45-68(46-56-73)80(89)96-75-38-36-37-69(62-75)64-39-51-71(52-40-64)92-78(87)66-43-53-72(54-44-66)94-79(88)67-47-57-74(58-48-67)95-81(90)76-63-99-84(100-76)85-101-82(97-60-34-31-28-25-20-17-14-11-8-5-2)83(102-85)98-61-35-32-29-26-21-18-15-12-9-6-3/h36-58,62-63H,4-35,59-61H2,1-3H3. The van der Waals surface area contributed by atoms with Crippen LogP contribution in [0.2, 0.25) is 0 Å². The van der Waals surface area contributed by atoms with Crippen LogP contribution in [0.4, 0.5) is 0 Å². The van der Waals surface area contributed by atoms with E-state index < -0.39 is 29.8 Å². The number of hydrogen-bond acceptors (Lipinski definition) is 17. The first kappa shape index (κ1) is 81.5. The minimum Gasteiger partial charge on any atom is -0.494 e. The van der Waals surface area contributed by atoms with Crippen LogP contribution in [0.15, 0.2) is 173 Å². The van der Waals surface area contributed by atoms with Crippen LogP contribution in [-0.2, 0) is 4.79 Å². The number of carbonyl (C=O) groups is 5. The average molecular weight is 1490 g/mol. The highest BCUT2D eigenvalue weighted by Crippen LogP contribution is 2.62. The van der Waals surface area contributed by atoms with Crippen LogP contribution in [0.3, 0.4) is 0 Å². The second kappa shape index (κ2) is 48.0. The fourth-order valence-corrected chi connectivity index (χ4v) is 20.0. The summed E-state index contributed by atoms with van der Waals surface area (Å²) in [5.41, 5.74) is 2.70. The zero-order valence-corrected chi connectivity index (χ0v) is 65.0. The molecule has 0 aromatic heterocycles. The van der Waals surface area contributed by atoms with Crippen molar-refractivity contribution in [1.29, 1.82) is 0 Å². The van der Waals surface area contributed by atoms with Crippen molar-refractivity contribution in [3.05, 3.63) is 195 Å².